The number of halogens is 1. The predicted molar refractivity (Wildman–Crippen MR) is 119 cm³/mol. The molecule has 2 heterocycles. The first-order valence-electron chi connectivity index (χ1n) is 10.1. The van der Waals surface area contributed by atoms with Crippen LogP contribution in [0.15, 0.2) is 60.7 Å². The third-order valence-corrected chi connectivity index (χ3v) is 6.00. The van der Waals surface area contributed by atoms with Gasteiger partial charge in [-0.1, -0.05) is 41.9 Å². The van der Waals surface area contributed by atoms with Crippen molar-refractivity contribution in [3.8, 4) is 0 Å². The molecule has 0 saturated carbocycles. The molecule has 3 aromatic rings. The summed E-state index contributed by atoms with van der Waals surface area (Å²) in [6.45, 7) is 6.02. The molecule has 4 rings (SSSR count). The molecule has 1 aliphatic rings. The molecule has 0 unspecified atom stereocenters. The Labute approximate surface area is 181 Å². The predicted octanol–water partition coefficient (Wildman–Crippen LogP) is 4.15. The van der Waals surface area contributed by atoms with Crippen molar-refractivity contribution in [2.75, 3.05) is 26.2 Å². The SMILES string of the molecule is CC(C)(C(=O)N1CCN(C(=O)c2ccc3nc(Cl)ccc3c2)CC1)c1ccccc1. The van der Waals surface area contributed by atoms with Gasteiger partial charge in [-0.25, -0.2) is 4.98 Å². The summed E-state index contributed by atoms with van der Waals surface area (Å²) in [7, 11) is 0. The standard InChI is InChI=1S/C24H24ClN3O2/c1-24(2,19-6-4-3-5-7-19)23(30)28-14-12-27(13-15-28)22(29)18-8-10-20-17(16-18)9-11-21(25)26-20/h3-11,16H,12-15H2,1-2H3. The van der Waals surface area contributed by atoms with Gasteiger partial charge in [-0.05, 0) is 49.7 Å². The minimum Gasteiger partial charge on any atom is -0.338 e. The molecule has 1 aromatic heterocycles. The molecule has 1 saturated heterocycles. The van der Waals surface area contributed by atoms with Crippen molar-refractivity contribution >= 4 is 34.3 Å². The van der Waals surface area contributed by atoms with E-state index in [0.717, 1.165) is 16.5 Å². The number of pyridine rings is 1. The van der Waals surface area contributed by atoms with E-state index in [1.54, 1.807) is 12.1 Å². The second-order valence-corrected chi connectivity index (χ2v) is 8.50. The number of nitrogens with zero attached hydrogens (tertiary/aromatic N) is 3. The lowest BCUT2D eigenvalue weighted by molar-refractivity contribution is -0.137. The number of amides is 2. The number of carbonyl (C=O) groups is 2. The van der Waals surface area contributed by atoms with Gasteiger partial charge in [0.05, 0.1) is 10.9 Å². The lowest BCUT2D eigenvalue weighted by atomic mass is 9.83. The highest BCUT2D eigenvalue weighted by atomic mass is 35.5. The van der Waals surface area contributed by atoms with Crippen molar-refractivity contribution in [2.45, 2.75) is 19.3 Å². The number of carbonyl (C=O) groups excluding carboxylic acids is 2. The van der Waals surface area contributed by atoms with Crippen LogP contribution in [0.4, 0.5) is 0 Å². The molecule has 1 fully saturated rings. The van der Waals surface area contributed by atoms with Crippen LogP contribution in [0.25, 0.3) is 10.9 Å². The third kappa shape index (κ3) is 3.90. The van der Waals surface area contributed by atoms with Crippen LogP contribution in [0.3, 0.4) is 0 Å². The quantitative estimate of drug-likeness (QED) is 0.597. The van der Waals surface area contributed by atoms with Gasteiger partial charge in [0, 0.05) is 37.1 Å². The highest BCUT2D eigenvalue weighted by Crippen LogP contribution is 2.26. The number of benzene rings is 2. The number of fused-ring (bicyclic) bond motifs is 1. The van der Waals surface area contributed by atoms with Crippen molar-refractivity contribution in [1.29, 1.82) is 0 Å². The minimum absolute atomic E-state index is 0.0266. The fourth-order valence-electron chi connectivity index (χ4n) is 3.90. The van der Waals surface area contributed by atoms with Gasteiger partial charge in [0.1, 0.15) is 5.15 Å². The van der Waals surface area contributed by atoms with Gasteiger partial charge in [-0.3, -0.25) is 9.59 Å². The molecule has 154 valence electrons. The summed E-state index contributed by atoms with van der Waals surface area (Å²) in [4.78, 5) is 34.1. The van der Waals surface area contributed by atoms with Crippen LogP contribution in [0.1, 0.15) is 29.8 Å². The summed E-state index contributed by atoms with van der Waals surface area (Å²) in [6.07, 6.45) is 0. The summed E-state index contributed by atoms with van der Waals surface area (Å²) in [5.74, 6) is 0.0655. The Morgan fingerprint density at radius 2 is 1.57 bits per heavy atom. The average Bonchev–Trinajstić information content (AvgIpc) is 2.78. The van der Waals surface area contributed by atoms with E-state index in [1.807, 2.05) is 72.2 Å². The third-order valence-electron chi connectivity index (χ3n) is 5.79. The Bertz CT molecular complexity index is 1090. The first kappa shape index (κ1) is 20.4. The molecular formula is C24H24ClN3O2. The molecule has 0 spiro atoms. The summed E-state index contributed by atoms with van der Waals surface area (Å²) in [5, 5.41) is 1.31. The lowest BCUT2D eigenvalue weighted by Gasteiger charge is -2.38. The van der Waals surface area contributed by atoms with E-state index in [9.17, 15) is 9.59 Å². The zero-order valence-electron chi connectivity index (χ0n) is 17.1. The van der Waals surface area contributed by atoms with Crippen molar-refractivity contribution < 1.29 is 9.59 Å². The molecule has 1 aliphatic heterocycles. The van der Waals surface area contributed by atoms with Gasteiger partial charge in [-0.2, -0.15) is 0 Å². The van der Waals surface area contributed by atoms with E-state index in [4.69, 9.17) is 11.6 Å². The van der Waals surface area contributed by atoms with Crippen LogP contribution in [-0.4, -0.2) is 52.8 Å². The minimum atomic E-state index is -0.597. The molecule has 0 radical (unpaired) electrons. The normalized spacial score (nSPS) is 14.8. The Balaban J connectivity index is 1.43. The van der Waals surface area contributed by atoms with Crippen molar-refractivity contribution in [2.24, 2.45) is 0 Å². The number of piperazine rings is 1. The number of aromatic nitrogens is 1. The molecule has 5 nitrogen and oxygen atoms in total. The number of rotatable bonds is 3. The Morgan fingerprint density at radius 3 is 2.27 bits per heavy atom. The largest absolute Gasteiger partial charge is 0.338 e. The van der Waals surface area contributed by atoms with E-state index in [0.29, 0.717) is 36.9 Å². The van der Waals surface area contributed by atoms with Gasteiger partial charge < -0.3 is 9.80 Å². The Morgan fingerprint density at radius 1 is 0.900 bits per heavy atom. The summed E-state index contributed by atoms with van der Waals surface area (Å²) < 4.78 is 0. The van der Waals surface area contributed by atoms with E-state index in [2.05, 4.69) is 4.98 Å². The highest BCUT2D eigenvalue weighted by Gasteiger charge is 2.35. The lowest BCUT2D eigenvalue weighted by Crippen LogP contribution is -2.54. The number of hydrogen-bond donors (Lipinski definition) is 0. The highest BCUT2D eigenvalue weighted by molar-refractivity contribution is 6.29. The van der Waals surface area contributed by atoms with Crippen LogP contribution in [0.5, 0.6) is 0 Å². The molecule has 6 heteroatoms. The summed E-state index contributed by atoms with van der Waals surface area (Å²) >= 11 is 5.93. The van der Waals surface area contributed by atoms with E-state index < -0.39 is 5.41 Å². The Kier molecular flexibility index (Phi) is 5.48. The van der Waals surface area contributed by atoms with Gasteiger partial charge in [0.15, 0.2) is 0 Å². The maximum atomic E-state index is 13.1. The van der Waals surface area contributed by atoms with Gasteiger partial charge in [-0.15, -0.1) is 0 Å². The maximum Gasteiger partial charge on any atom is 0.253 e. The van der Waals surface area contributed by atoms with Crippen LogP contribution in [0, 0.1) is 0 Å². The van der Waals surface area contributed by atoms with E-state index in [-0.39, 0.29) is 11.8 Å². The zero-order chi connectivity index (χ0) is 21.3. The first-order chi connectivity index (χ1) is 14.4. The second-order valence-electron chi connectivity index (χ2n) is 8.12. The molecule has 2 aromatic carbocycles. The van der Waals surface area contributed by atoms with Crippen molar-refractivity contribution in [1.82, 2.24) is 14.8 Å². The van der Waals surface area contributed by atoms with Crippen LogP contribution in [-0.2, 0) is 10.2 Å². The van der Waals surface area contributed by atoms with Crippen molar-refractivity contribution in [3.63, 3.8) is 0 Å². The van der Waals surface area contributed by atoms with E-state index in [1.165, 1.54) is 0 Å². The van der Waals surface area contributed by atoms with E-state index >= 15 is 0 Å². The molecule has 0 N–H and O–H groups in total. The second kappa shape index (κ2) is 8.07. The van der Waals surface area contributed by atoms with Crippen LogP contribution < -0.4 is 0 Å². The average molecular weight is 422 g/mol. The molecule has 30 heavy (non-hydrogen) atoms. The van der Waals surface area contributed by atoms with Gasteiger partial charge in [0.25, 0.3) is 5.91 Å². The summed E-state index contributed by atoms with van der Waals surface area (Å²) in [5.41, 5.74) is 1.78. The van der Waals surface area contributed by atoms with Gasteiger partial charge >= 0.3 is 0 Å². The molecule has 2 amide bonds. The summed E-state index contributed by atoms with van der Waals surface area (Å²) in [6, 6.07) is 18.9. The van der Waals surface area contributed by atoms with Gasteiger partial charge in [0.2, 0.25) is 5.91 Å². The number of hydrogen-bond acceptors (Lipinski definition) is 3. The van der Waals surface area contributed by atoms with Crippen LogP contribution in [0.2, 0.25) is 5.15 Å². The molecule has 0 atom stereocenters. The topological polar surface area (TPSA) is 53.5 Å². The van der Waals surface area contributed by atoms with Crippen LogP contribution >= 0.6 is 11.6 Å². The zero-order valence-corrected chi connectivity index (χ0v) is 17.9. The first-order valence-corrected chi connectivity index (χ1v) is 10.4. The molecular weight excluding hydrogens is 398 g/mol. The molecule has 0 aliphatic carbocycles. The fourth-order valence-corrected chi connectivity index (χ4v) is 4.06. The molecule has 0 bridgehead atoms. The fraction of sp³-hybridized carbons (Fsp3) is 0.292. The maximum absolute atomic E-state index is 13.1. The Hall–Kier alpha value is -2.92. The monoisotopic (exact) mass is 421 g/mol. The smallest absolute Gasteiger partial charge is 0.253 e. The van der Waals surface area contributed by atoms with Crippen molar-refractivity contribution in [3.05, 3.63) is 76.9 Å².